The normalized spacial score (nSPS) is 13.7. The number of hydrogen-bond acceptors (Lipinski definition) is 3. The van der Waals surface area contributed by atoms with Gasteiger partial charge in [0.25, 0.3) is 5.91 Å². The molecular weight excluding hydrogens is 299 g/mol. The third-order valence-corrected chi connectivity index (χ3v) is 3.68. The van der Waals surface area contributed by atoms with Crippen molar-refractivity contribution in [3.63, 3.8) is 0 Å². The van der Waals surface area contributed by atoms with Gasteiger partial charge in [0.2, 0.25) is 5.91 Å². The lowest BCUT2D eigenvalue weighted by atomic mass is 10.1. The van der Waals surface area contributed by atoms with E-state index in [2.05, 4.69) is 0 Å². The van der Waals surface area contributed by atoms with Gasteiger partial charge in [0.1, 0.15) is 18.1 Å². The zero-order chi connectivity index (χ0) is 16.4. The van der Waals surface area contributed by atoms with Crippen LogP contribution in [0.3, 0.4) is 0 Å². The number of amides is 2. The standard InChI is InChI=1S/C17H15FN2O3/c1-19-14-4-2-3-5-15(14)20(10-16(19)21)17(22)11-23-13-8-6-12(18)7-9-13/h2-9H,10-11H2,1H3. The van der Waals surface area contributed by atoms with Crippen LogP contribution in [0.1, 0.15) is 0 Å². The lowest BCUT2D eigenvalue weighted by Crippen LogP contribution is -2.48. The van der Waals surface area contributed by atoms with E-state index in [1.54, 1.807) is 19.2 Å². The highest BCUT2D eigenvalue weighted by atomic mass is 19.1. The van der Waals surface area contributed by atoms with E-state index >= 15 is 0 Å². The molecule has 0 spiro atoms. The lowest BCUT2D eigenvalue weighted by molar-refractivity contribution is -0.124. The van der Waals surface area contributed by atoms with E-state index in [1.807, 2.05) is 12.1 Å². The Morgan fingerprint density at radius 1 is 1.13 bits per heavy atom. The molecule has 0 aromatic heterocycles. The van der Waals surface area contributed by atoms with Gasteiger partial charge in [-0.05, 0) is 36.4 Å². The Labute approximate surface area is 132 Å². The fraction of sp³-hybridized carbons (Fsp3) is 0.176. The van der Waals surface area contributed by atoms with Crippen molar-refractivity contribution >= 4 is 23.2 Å². The number of nitrogens with zero attached hydrogens (tertiary/aromatic N) is 2. The summed E-state index contributed by atoms with van der Waals surface area (Å²) in [7, 11) is 1.68. The Morgan fingerprint density at radius 3 is 2.48 bits per heavy atom. The van der Waals surface area contributed by atoms with Crippen LogP contribution >= 0.6 is 0 Å². The molecule has 0 N–H and O–H groups in total. The second kappa shape index (κ2) is 6.08. The molecule has 23 heavy (non-hydrogen) atoms. The molecule has 1 aliphatic rings. The quantitative estimate of drug-likeness (QED) is 0.873. The maximum Gasteiger partial charge on any atom is 0.265 e. The molecule has 6 heteroatoms. The summed E-state index contributed by atoms with van der Waals surface area (Å²) < 4.78 is 18.2. The molecule has 0 fully saturated rings. The molecule has 1 heterocycles. The summed E-state index contributed by atoms with van der Waals surface area (Å²) in [6, 6.07) is 12.6. The van der Waals surface area contributed by atoms with Crippen LogP contribution in [-0.4, -0.2) is 32.0 Å². The van der Waals surface area contributed by atoms with Gasteiger partial charge in [-0.1, -0.05) is 12.1 Å². The summed E-state index contributed by atoms with van der Waals surface area (Å²) in [5, 5.41) is 0. The van der Waals surface area contributed by atoms with Gasteiger partial charge in [0, 0.05) is 7.05 Å². The average molecular weight is 314 g/mol. The summed E-state index contributed by atoms with van der Waals surface area (Å²) in [5.41, 5.74) is 1.35. The topological polar surface area (TPSA) is 49.9 Å². The van der Waals surface area contributed by atoms with Gasteiger partial charge in [-0.15, -0.1) is 0 Å². The summed E-state index contributed by atoms with van der Waals surface area (Å²) in [4.78, 5) is 27.4. The zero-order valence-electron chi connectivity index (χ0n) is 12.5. The van der Waals surface area contributed by atoms with Gasteiger partial charge in [-0.3, -0.25) is 14.5 Å². The predicted octanol–water partition coefficient (Wildman–Crippen LogP) is 2.21. The number of fused-ring (bicyclic) bond motifs is 1. The zero-order valence-corrected chi connectivity index (χ0v) is 12.5. The van der Waals surface area contributed by atoms with E-state index in [4.69, 9.17) is 4.74 Å². The number of hydrogen-bond donors (Lipinski definition) is 0. The van der Waals surface area contributed by atoms with Crippen LogP contribution in [0.5, 0.6) is 5.75 Å². The SMILES string of the molecule is CN1C(=O)CN(C(=O)COc2ccc(F)cc2)c2ccccc21. The van der Waals surface area contributed by atoms with Crippen molar-refractivity contribution in [3.8, 4) is 5.75 Å². The minimum Gasteiger partial charge on any atom is -0.484 e. The molecule has 2 amide bonds. The molecule has 5 nitrogen and oxygen atoms in total. The maximum absolute atomic E-state index is 12.8. The first-order chi connectivity index (χ1) is 11.1. The van der Waals surface area contributed by atoms with Crippen molar-refractivity contribution in [1.82, 2.24) is 0 Å². The van der Waals surface area contributed by atoms with Crippen LogP contribution in [-0.2, 0) is 9.59 Å². The van der Waals surface area contributed by atoms with Crippen molar-refractivity contribution < 1.29 is 18.7 Å². The van der Waals surface area contributed by atoms with E-state index in [9.17, 15) is 14.0 Å². The lowest BCUT2D eigenvalue weighted by Gasteiger charge is -2.33. The summed E-state index contributed by atoms with van der Waals surface area (Å²) in [6.07, 6.45) is 0. The first-order valence-corrected chi connectivity index (χ1v) is 7.10. The van der Waals surface area contributed by atoms with E-state index in [1.165, 1.54) is 34.1 Å². The summed E-state index contributed by atoms with van der Waals surface area (Å²) in [6.45, 7) is -0.254. The van der Waals surface area contributed by atoms with Crippen LogP contribution in [0.15, 0.2) is 48.5 Å². The molecule has 3 rings (SSSR count). The highest BCUT2D eigenvalue weighted by Crippen LogP contribution is 2.32. The molecule has 118 valence electrons. The molecule has 0 saturated heterocycles. The van der Waals surface area contributed by atoms with Gasteiger partial charge >= 0.3 is 0 Å². The number of likely N-dealkylation sites (N-methyl/N-ethyl adjacent to an activating group) is 1. The highest BCUT2D eigenvalue weighted by molar-refractivity contribution is 6.11. The minimum atomic E-state index is -0.373. The first-order valence-electron chi connectivity index (χ1n) is 7.10. The molecular formula is C17H15FN2O3. The number of anilines is 2. The number of para-hydroxylation sites is 2. The number of ether oxygens (including phenoxy) is 1. The van der Waals surface area contributed by atoms with Crippen molar-refractivity contribution in [3.05, 3.63) is 54.3 Å². The number of rotatable bonds is 3. The summed E-state index contributed by atoms with van der Waals surface area (Å²) >= 11 is 0. The van der Waals surface area contributed by atoms with E-state index in [-0.39, 0.29) is 30.8 Å². The van der Waals surface area contributed by atoms with E-state index in [0.29, 0.717) is 17.1 Å². The van der Waals surface area contributed by atoms with Crippen LogP contribution in [0.2, 0.25) is 0 Å². The molecule has 0 atom stereocenters. The number of benzene rings is 2. The van der Waals surface area contributed by atoms with Crippen LogP contribution in [0, 0.1) is 5.82 Å². The van der Waals surface area contributed by atoms with Crippen LogP contribution in [0.25, 0.3) is 0 Å². The molecule has 0 saturated carbocycles. The Kier molecular flexibility index (Phi) is 3.97. The molecule has 0 aliphatic carbocycles. The second-order valence-corrected chi connectivity index (χ2v) is 5.16. The predicted molar refractivity (Wildman–Crippen MR) is 84.1 cm³/mol. The van der Waals surface area contributed by atoms with Gasteiger partial charge in [0.15, 0.2) is 6.61 Å². The molecule has 2 aromatic carbocycles. The van der Waals surface area contributed by atoms with Crippen molar-refractivity contribution in [2.45, 2.75) is 0 Å². The van der Waals surface area contributed by atoms with Crippen LogP contribution in [0.4, 0.5) is 15.8 Å². The fourth-order valence-electron chi connectivity index (χ4n) is 2.41. The van der Waals surface area contributed by atoms with Crippen molar-refractivity contribution in [2.24, 2.45) is 0 Å². The molecule has 2 aromatic rings. The van der Waals surface area contributed by atoms with E-state index < -0.39 is 0 Å². The largest absolute Gasteiger partial charge is 0.484 e. The second-order valence-electron chi connectivity index (χ2n) is 5.16. The first kappa shape index (κ1) is 15.0. The highest BCUT2D eigenvalue weighted by Gasteiger charge is 2.30. The Bertz CT molecular complexity index is 746. The maximum atomic E-state index is 12.8. The van der Waals surface area contributed by atoms with Gasteiger partial charge in [-0.2, -0.15) is 0 Å². The monoisotopic (exact) mass is 314 g/mol. The van der Waals surface area contributed by atoms with Gasteiger partial charge in [-0.25, -0.2) is 4.39 Å². The Balaban J connectivity index is 1.76. The summed E-state index contributed by atoms with van der Waals surface area (Å²) in [5.74, 6) is -0.474. The Hall–Kier alpha value is -2.89. The fourth-order valence-corrected chi connectivity index (χ4v) is 2.41. The van der Waals surface area contributed by atoms with Crippen LogP contribution < -0.4 is 14.5 Å². The molecule has 0 unspecified atom stereocenters. The third-order valence-electron chi connectivity index (χ3n) is 3.68. The number of halogens is 1. The van der Waals surface area contributed by atoms with E-state index in [0.717, 1.165) is 0 Å². The molecule has 0 radical (unpaired) electrons. The van der Waals surface area contributed by atoms with Gasteiger partial charge in [0.05, 0.1) is 11.4 Å². The molecule has 0 bridgehead atoms. The van der Waals surface area contributed by atoms with Crippen molar-refractivity contribution in [1.29, 1.82) is 0 Å². The van der Waals surface area contributed by atoms with Gasteiger partial charge < -0.3 is 9.64 Å². The smallest absolute Gasteiger partial charge is 0.265 e. The number of carbonyl (C=O) groups excluding carboxylic acids is 2. The number of carbonyl (C=O) groups is 2. The average Bonchev–Trinajstić information content (AvgIpc) is 2.57. The minimum absolute atomic E-state index is 0.0286. The van der Waals surface area contributed by atoms with Crippen molar-refractivity contribution in [2.75, 3.05) is 30.0 Å². The molecule has 1 aliphatic heterocycles. The third kappa shape index (κ3) is 3.01. The Morgan fingerprint density at radius 2 is 1.78 bits per heavy atom.